The Morgan fingerprint density at radius 2 is 1.62 bits per heavy atom. The van der Waals surface area contributed by atoms with Gasteiger partial charge in [0.05, 0.1) is 6.17 Å². The topological polar surface area (TPSA) is 35.5 Å². The second-order valence-electron chi connectivity index (χ2n) is 9.37. The van der Waals surface area contributed by atoms with E-state index in [1.165, 1.54) is 11.1 Å². The molecule has 0 radical (unpaired) electrons. The maximum atomic E-state index is 10.5. The number of phenols is 1. The molecule has 168 valence electrons. The van der Waals surface area contributed by atoms with Crippen LogP contribution in [0.5, 0.6) is 5.75 Å². The molecule has 0 heterocycles. The number of hydrogen-bond donors (Lipinski definition) is 2. The van der Waals surface area contributed by atoms with Gasteiger partial charge < -0.3 is 5.11 Å². The Morgan fingerprint density at radius 1 is 0.938 bits per heavy atom. The van der Waals surface area contributed by atoms with Crippen molar-refractivity contribution < 1.29 is 5.11 Å². The molecular formula is C29H36N2O. The lowest BCUT2D eigenvalue weighted by Crippen LogP contribution is -2.57. The molecule has 3 nitrogen and oxygen atoms in total. The zero-order valence-electron chi connectivity index (χ0n) is 19.6. The van der Waals surface area contributed by atoms with Gasteiger partial charge >= 0.3 is 0 Å². The van der Waals surface area contributed by atoms with Crippen LogP contribution in [-0.4, -0.2) is 34.3 Å². The van der Waals surface area contributed by atoms with E-state index in [-0.39, 0.29) is 12.2 Å². The summed E-state index contributed by atoms with van der Waals surface area (Å²) in [6, 6.07) is 8.56. The maximum absolute atomic E-state index is 10.5. The number of phenolic OH excluding ortho intramolecular Hbond substituents is 1. The molecule has 4 rings (SSSR count). The van der Waals surface area contributed by atoms with Gasteiger partial charge in [-0.05, 0) is 49.3 Å². The van der Waals surface area contributed by atoms with Crippen molar-refractivity contribution in [3.8, 4) is 5.75 Å². The Bertz CT molecular complexity index is 996. The first kappa shape index (κ1) is 22.6. The first-order valence-electron chi connectivity index (χ1n) is 11.9. The number of hydrogen-bond acceptors (Lipinski definition) is 3. The van der Waals surface area contributed by atoms with Crippen LogP contribution in [0.2, 0.25) is 0 Å². The fourth-order valence-electron chi connectivity index (χ4n) is 5.18. The van der Waals surface area contributed by atoms with E-state index < -0.39 is 0 Å². The standard InChI is InChI=1S/C29H36N2O/c1-20-17-18-24(19-26(20)25-13-7-10-16-29(25)32)31(28-15-9-6-12-22(28)3)23(4)30-27-14-8-5-11-21(27)2/h5-18,21-24,27-28,30,32H,19H2,1-4H3. The van der Waals surface area contributed by atoms with E-state index in [0.29, 0.717) is 29.7 Å². The van der Waals surface area contributed by atoms with E-state index in [2.05, 4.69) is 98.7 Å². The minimum absolute atomic E-state index is 0.181. The van der Waals surface area contributed by atoms with Crippen LogP contribution in [0.4, 0.5) is 0 Å². The number of rotatable bonds is 6. The number of para-hydroxylation sites is 1. The van der Waals surface area contributed by atoms with Crippen LogP contribution in [0, 0.1) is 11.8 Å². The number of benzene rings is 1. The molecule has 0 bridgehead atoms. The maximum Gasteiger partial charge on any atom is 0.123 e. The van der Waals surface area contributed by atoms with Crippen LogP contribution in [0.25, 0.3) is 5.57 Å². The molecular weight excluding hydrogens is 392 g/mol. The van der Waals surface area contributed by atoms with Crippen molar-refractivity contribution >= 4 is 5.57 Å². The molecule has 0 spiro atoms. The Balaban J connectivity index is 1.63. The van der Waals surface area contributed by atoms with E-state index in [4.69, 9.17) is 0 Å². The van der Waals surface area contributed by atoms with E-state index in [9.17, 15) is 5.11 Å². The van der Waals surface area contributed by atoms with Crippen LogP contribution in [-0.2, 0) is 0 Å². The van der Waals surface area contributed by atoms with Gasteiger partial charge in [-0.3, -0.25) is 10.2 Å². The highest BCUT2D eigenvalue weighted by Gasteiger charge is 2.34. The lowest BCUT2D eigenvalue weighted by atomic mass is 9.86. The normalized spacial score (nSPS) is 30.3. The summed E-state index contributed by atoms with van der Waals surface area (Å²) in [6.07, 6.45) is 23.4. The van der Waals surface area contributed by atoms with Crippen LogP contribution in [0.15, 0.2) is 90.6 Å². The van der Waals surface area contributed by atoms with Gasteiger partial charge in [-0.1, -0.05) is 92.8 Å². The first-order valence-corrected chi connectivity index (χ1v) is 11.9. The Labute approximate surface area is 193 Å². The number of aromatic hydroxyl groups is 1. The van der Waals surface area contributed by atoms with E-state index in [0.717, 1.165) is 12.0 Å². The van der Waals surface area contributed by atoms with Gasteiger partial charge in [0.2, 0.25) is 0 Å². The van der Waals surface area contributed by atoms with Crippen molar-refractivity contribution in [3.05, 3.63) is 96.2 Å². The molecule has 2 N–H and O–H groups in total. The lowest BCUT2D eigenvalue weighted by molar-refractivity contribution is 0.0865. The van der Waals surface area contributed by atoms with Gasteiger partial charge in [-0.15, -0.1) is 0 Å². The highest BCUT2D eigenvalue weighted by Crippen LogP contribution is 2.37. The van der Waals surface area contributed by atoms with Crippen LogP contribution >= 0.6 is 0 Å². The number of allylic oxidation sites excluding steroid dienone is 6. The SMILES string of the molecule is CC1=C(c2ccccc2O)CC(N(C(C)NC2C=CC=CC2C)C2C=CC=CC2C)C=C1. The smallest absolute Gasteiger partial charge is 0.123 e. The summed E-state index contributed by atoms with van der Waals surface area (Å²) in [5.41, 5.74) is 3.40. The number of nitrogens with zero attached hydrogens (tertiary/aromatic N) is 1. The molecule has 0 aromatic heterocycles. The molecule has 0 saturated heterocycles. The predicted octanol–water partition coefficient (Wildman–Crippen LogP) is 5.99. The van der Waals surface area contributed by atoms with Gasteiger partial charge in [-0.2, -0.15) is 0 Å². The molecule has 0 fully saturated rings. The van der Waals surface area contributed by atoms with E-state index in [1.807, 2.05) is 18.2 Å². The van der Waals surface area contributed by atoms with Crippen LogP contribution in [0.3, 0.4) is 0 Å². The van der Waals surface area contributed by atoms with Crippen molar-refractivity contribution in [1.82, 2.24) is 10.2 Å². The van der Waals surface area contributed by atoms with Crippen LogP contribution < -0.4 is 5.32 Å². The molecule has 0 saturated carbocycles. The Kier molecular flexibility index (Phi) is 6.98. The lowest BCUT2D eigenvalue weighted by Gasteiger charge is -2.45. The second-order valence-corrected chi connectivity index (χ2v) is 9.37. The zero-order chi connectivity index (χ0) is 22.7. The Hall–Kier alpha value is -2.62. The predicted molar refractivity (Wildman–Crippen MR) is 135 cm³/mol. The van der Waals surface area contributed by atoms with Crippen molar-refractivity contribution in [2.24, 2.45) is 11.8 Å². The molecule has 0 aliphatic heterocycles. The van der Waals surface area contributed by atoms with Crippen LogP contribution in [0.1, 0.15) is 39.7 Å². The molecule has 6 atom stereocenters. The third-order valence-corrected chi connectivity index (χ3v) is 7.08. The largest absolute Gasteiger partial charge is 0.507 e. The summed E-state index contributed by atoms with van der Waals surface area (Å²) >= 11 is 0. The third kappa shape index (κ3) is 4.74. The number of nitrogens with one attached hydrogen (secondary N) is 1. The first-order chi connectivity index (χ1) is 15.5. The molecule has 0 amide bonds. The van der Waals surface area contributed by atoms with Gasteiger partial charge in [0.1, 0.15) is 5.75 Å². The fourth-order valence-corrected chi connectivity index (χ4v) is 5.18. The molecule has 1 aromatic carbocycles. The van der Waals surface area contributed by atoms with E-state index >= 15 is 0 Å². The van der Waals surface area contributed by atoms with Crippen molar-refractivity contribution in [1.29, 1.82) is 0 Å². The summed E-state index contributed by atoms with van der Waals surface area (Å²) in [5, 5.41) is 14.4. The van der Waals surface area contributed by atoms with Crippen molar-refractivity contribution in [2.75, 3.05) is 0 Å². The average Bonchev–Trinajstić information content (AvgIpc) is 2.78. The van der Waals surface area contributed by atoms with Gasteiger partial charge in [0.15, 0.2) is 0 Å². The minimum atomic E-state index is 0.181. The second kappa shape index (κ2) is 9.89. The van der Waals surface area contributed by atoms with E-state index in [1.54, 1.807) is 6.07 Å². The Morgan fingerprint density at radius 3 is 2.34 bits per heavy atom. The molecule has 3 aliphatic rings. The molecule has 3 aliphatic carbocycles. The summed E-state index contributed by atoms with van der Waals surface area (Å²) in [4.78, 5) is 2.62. The summed E-state index contributed by atoms with van der Waals surface area (Å²) in [6.45, 7) is 9.00. The highest BCUT2D eigenvalue weighted by atomic mass is 16.3. The summed E-state index contributed by atoms with van der Waals surface area (Å²) < 4.78 is 0. The highest BCUT2D eigenvalue weighted by molar-refractivity contribution is 5.76. The van der Waals surface area contributed by atoms with Crippen molar-refractivity contribution in [2.45, 2.75) is 58.4 Å². The molecule has 1 aromatic rings. The molecule has 3 heteroatoms. The van der Waals surface area contributed by atoms with Crippen molar-refractivity contribution in [3.63, 3.8) is 0 Å². The van der Waals surface area contributed by atoms with Gasteiger partial charge in [0, 0.05) is 23.7 Å². The van der Waals surface area contributed by atoms with Gasteiger partial charge in [-0.25, -0.2) is 0 Å². The fraction of sp³-hybridized carbons (Fsp3) is 0.379. The van der Waals surface area contributed by atoms with Gasteiger partial charge in [0.25, 0.3) is 0 Å². The molecule has 32 heavy (non-hydrogen) atoms. The minimum Gasteiger partial charge on any atom is -0.507 e. The zero-order valence-corrected chi connectivity index (χ0v) is 19.6. The molecule has 6 unspecified atom stereocenters. The summed E-state index contributed by atoms with van der Waals surface area (Å²) in [5.74, 6) is 1.25. The average molecular weight is 429 g/mol. The monoisotopic (exact) mass is 428 g/mol. The quantitative estimate of drug-likeness (QED) is 0.546. The summed E-state index contributed by atoms with van der Waals surface area (Å²) in [7, 11) is 0. The third-order valence-electron chi connectivity index (χ3n) is 7.08.